The van der Waals surface area contributed by atoms with Crippen molar-refractivity contribution >= 4 is 15.9 Å². The largest absolute Gasteiger partial charge is 0.447 e. The normalized spacial score (nSPS) is 20.9. The van der Waals surface area contributed by atoms with Gasteiger partial charge in [0.2, 0.25) is 0 Å². The maximum atomic E-state index is 11.1. The van der Waals surface area contributed by atoms with E-state index >= 15 is 0 Å². The van der Waals surface area contributed by atoms with E-state index in [9.17, 15) is 13.2 Å². The van der Waals surface area contributed by atoms with Crippen LogP contribution in [0.3, 0.4) is 0 Å². The van der Waals surface area contributed by atoms with Crippen LogP contribution in [0.5, 0.6) is 0 Å². The number of hydrogen-bond acceptors (Lipinski definition) is 5. The highest BCUT2D eigenvalue weighted by Gasteiger charge is 2.24. The van der Waals surface area contributed by atoms with Crippen molar-refractivity contribution in [3.05, 3.63) is 0 Å². The van der Waals surface area contributed by atoms with E-state index in [2.05, 4.69) is 10.1 Å². The Labute approximate surface area is 88.5 Å². The van der Waals surface area contributed by atoms with Gasteiger partial charge in [0.1, 0.15) is 16.4 Å². The predicted molar refractivity (Wildman–Crippen MR) is 53.2 cm³/mol. The molecule has 1 aliphatic heterocycles. The standard InChI is InChI=1S/C8H15NO5S/c10-3-4-14-8(11)9-7-1-5-15(12,13)6-2-7/h7,10H,1-6H2,(H,9,11). The second-order valence-corrected chi connectivity index (χ2v) is 5.73. The van der Waals surface area contributed by atoms with E-state index in [1.165, 1.54) is 0 Å². The zero-order valence-electron chi connectivity index (χ0n) is 8.31. The summed E-state index contributed by atoms with van der Waals surface area (Å²) in [7, 11) is -2.90. The summed E-state index contributed by atoms with van der Waals surface area (Å²) in [6.45, 7) is -0.261. The lowest BCUT2D eigenvalue weighted by Gasteiger charge is -2.22. The molecule has 0 spiro atoms. The molecule has 0 radical (unpaired) electrons. The van der Waals surface area contributed by atoms with Gasteiger partial charge in [-0.2, -0.15) is 0 Å². The predicted octanol–water partition coefficient (Wildman–Crippen LogP) is -0.718. The maximum Gasteiger partial charge on any atom is 0.407 e. The summed E-state index contributed by atoms with van der Waals surface area (Å²) in [5, 5.41) is 11.0. The first kappa shape index (κ1) is 12.3. The fourth-order valence-corrected chi connectivity index (χ4v) is 2.87. The lowest BCUT2D eigenvalue weighted by molar-refractivity contribution is 0.115. The summed E-state index contributed by atoms with van der Waals surface area (Å²) in [5.74, 6) is 0.218. The van der Waals surface area contributed by atoms with Crippen molar-refractivity contribution in [2.24, 2.45) is 0 Å². The number of carbonyl (C=O) groups is 1. The molecule has 0 saturated carbocycles. The number of rotatable bonds is 3. The number of hydrogen-bond donors (Lipinski definition) is 2. The zero-order valence-corrected chi connectivity index (χ0v) is 9.12. The first-order chi connectivity index (χ1) is 7.03. The maximum absolute atomic E-state index is 11.1. The van der Waals surface area contributed by atoms with E-state index in [-0.39, 0.29) is 30.8 Å². The highest BCUT2D eigenvalue weighted by molar-refractivity contribution is 7.91. The van der Waals surface area contributed by atoms with E-state index in [1.807, 2.05) is 0 Å². The minimum absolute atomic E-state index is 0.0448. The fraction of sp³-hybridized carbons (Fsp3) is 0.875. The second-order valence-electron chi connectivity index (χ2n) is 3.43. The molecule has 0 bridgehead atoms. The average molecular weight is 237 g/mol. The number of alkyl carbamates (subject to hydrolysis) is 1. The van der Waals surface area contributed by atoms with Gasteiger partial charge in [0, 0.05) is 6.04 Å². The topological polar surface area (TPSA) is 92.7 Å². The number of carbonyl (C=O) groups excluding carboxylic acids is 1. The highest BCUT2D eigenvalue weighted by Crippen LogP contribution is 2.11. The third kappa shape index (κ3) is 4.48. The Morgan fingerprint density at radius 2 is 2.00 bits per heavy atom. The van der Waals surface area contributed by atoms with Gasteiger partial charge in [0.25, 0.3) is 0 Å². The molecule has 1 fully saturated rings. The molecule has 15 heavy (non-hydrogen) atoms. The van der Waals surface area contributed by atoms with Gasteiger partial charge in [0.05, 0.1) is 18.1 Å². The van der Waals surface area contributed by atoms with Crippen molar-refractivity contribution < 1.29 is 23.1 Å². The number of aliphatic hydroxyl groups excluding tert-OH is 1. The lowest BCUT2D eigenvalue weighted by Crippen LogP contribution is -2.41. The molecule has 1 heterocycles. The lowest BCUT2D eigenvalue weighted by atomic mass is 10.2. The number of amides is 1. The molecule has 2 N–H and O–H groups in total. The molecular formula is C8H15NO5S. The van der Waals surface area contributed by atoms with Gasteiger partial charge in [0.15, 0.2) is 0 Å². The first-order valence-corrected chi connectivity index (χ1v) is 6.60. The van der Waals surface area contributed by atoms with Gasteiger partial charge in [-0.05, 0) is 12.8 Å². The Bertz CT molecular complexity index is 299. The van der Waals surface area contributed by atoms with Crippen LogP contribution < -0.4 is 5.32 Å². The molecule has 7 heteroatoms. The molecule has 0 aromatic rings. The van der Waals surface area contributed by atoms with Crippen molar-refractivity contribution in [1.82, 2.24) is 5.32 Å². The Balaban J connectivity index is 2.26. The molecule has 1 rings (SSSR count). The molecule has 0 aliphatic carbocycles. The monoisotopic (exact) mass is 237 g/mol. The summed E-state index contributed by atoms with van der Waals surface area (Å²) in [5.41, 5.74) is 0. The van der Waals surface area contributed by atoms with Crippen LogP contribution in [0.25, 0.3) is 0 Å². The summed E-state index contributed by atoms with van der Waals surface area (Å²) < 4.78 is 26.8. The van der Waals surface area contributed by atoms with Crippen molar-refractivity contribution in [1.29, 1.82) is 0 Å². The van der Waals surface area contributed by atoms with Crippen LogP contribution in [0.2, 0.25) is 0 Å². The van der Waals surface area contributed by atoms with Crippen molar-refractivity contribution in [2.45, 2.75) is 18.9 Å². The Hall–Kier alpha value is -0.820. The van der Waals surface area contributed by atoms with E-state index in [0.717, 1.165) is 0 Å². The zero-order chi connectivity index (χ0) is 11.3. The number of sulfone groups is 1. The quantitative estimate of drug-likeness (QED) is 0.676. The van der Waals surface area contributed by atoms with Gasteiger partial charge in [-0.15, -0.1) is 0 Å². The Kier molecular flexibility index (Phi) is 4.34. The van der Waals surface area contributed by atoms with Crippen LogP contribution in [0.1, 0.15) is 12.8 Å². The van der Waals surface area contributed by atoms with E-state index in [4.69, 9.17) is 5.11 Å². The van der Waals surface area contributed by atoms with Crippen molar-refractivity contribution in [2.75, 3.05) is 24.7 Å². The first-order valence-electron chi connectivity index (χ1n) is 4.78. The molecule has 1 aliphatic rings. The third-order valence-electron chi connectivity index (χ3n) is 2.20. The number of ether oxygens (including phenoxy) is 1. The molecule has 0 aromatic carbocycles. The van der Waals surface area contributed by atoms with Gasteiger partial charge >= 0.3 is 6.09 Å². The molecule has 0 atom stereocenters. The summed E-state index contributed by atoms with van der Waals surface area (Å²) in [6, 6.07) is -0.139. The molecule has 0 aromatic heterocycles. The van der Waals surface area contributed by atoms with Gasteiger partial charge in [-0.1, -0.05) is 0 Å². The smallest absolute Gasteiger partial charge is 0.407 e. The van der Waals surface area contributed by atoms with Crippen LogP contribution >= 0.6 is 0 Å². The second kappa shape index (κ2) is 5.32. The fourth-order valence-electron chi connectivity index (χ4n) is 1.38. The molecular weight excluding hydrogens is 222 g/mol. The minimum atomic E-state index is -2.90. The minimum Gasteiger partial charge on any atom is -0.447 e. The van der Waals surface area contributed by atoms with Crippen LogP contribution in [0.4, 0.5) is 4.79 Å². The van der Waals surface area contributed by atoms with Crippen LogP contribution in [-0.4, -0.2) is 50.4 Å². The van der Waals surface area contributed by atoms with E-state index < -0.39 is 15.9 Å². The van der Waals surface area contributed by atoms with E-state index in [0.29, 0.717) is 12.8 Å². The number of nitrogens with one attached hydrogen (secondary N) is 1. The number of aliphatic hydroxyl groups is 1. The summed E-state index contributed by atoms with van der Waals surface area (Å²) in [4.78, 5) is 11.0. The summed E-state index contributed by atoms with van der Waals surface area (Å²) >= 11 is 0. The van der Waals surface area contributed by atoms with Crippen molar-refractivity contribution in [3.63, 3.8) is 0 Å². The van der Waals surface area contributed by atoms with Gasteiger partial charge in [-0.3, -0.25) is 0 Å². The average Bonchev–Trinajstić information content (AvgIpc) is 2.18. The molecule has 88 valence electrons. The Morgan fingerprint density at radius 1 is 1.40 bits per heavy atom. The molecule has 1 saturated heterocycles. The van der Waals surface area contributed by atoms with Gasteiger partial charge in [-0.25, -0.2) is 13.2 Å². The van der Waals surface area contributed by atoms with Gasteiger partial charge < -0.3 is 15.2 Å². The highest BCUT2D eigenvalue weighted by atomic mass is 32.2. The van der Waals surface area contributed by atoms with Crippen LogP contribution in [0, 0.1) is 0 Å². The molecule has 0 unspecified atom stereocenters. The van der Waals surface area contributed by atoms with E-state index in [1.54, 1.807) is 0 Å². The Morgan fingerprint density at radius 3 is 2.53 bits per heavy atom. The van der Waals surface area contributed by atoms with Crippen LogP contribution in [-0.2, 0) is 14.6 Å². The van der Waals surface area contributed by atoms with Crippen LogP contribution in [0.15, 0.2) is 0 Å². The summed E-state index contributed by atoms with van der Waals surface area (Å²) in [6.07, 6.45) is 0.251. The van der Waals surface area contributed by atoms with Crippen molar-refractivity contribution in [3.8, 4) is 0 Å². The third-order valence-corrected chi connectivity index (χ3v) is 3.92. The molecule has 1 amide bonds. The molecule has 6 nitrogen and oxygen atoms in total. The SMILES string of the molecule is O=C(NC1CCS(=O)(=O)CC1)OCCO.